The zero-order valence-electron chi connectivity index (χ0n) is 11.0. The van der Waals surface area contributed by atoms with E-state index < -0.39 is 0 Å². The third-order valence-corrected chi connectivity index (χ3v) is 3.47. The molecule has 1 aromatic heterocycles. The maximum atomic E-state index is 12.2. The Balaban J connectivity index is 1.72. The van der Waals surface area contributed by atoms with Crippen LogP contribution in [0.25, 0.3) is 5.57 Å². The van der Waals surface area contributed by atoms with Crippen molar-refractivity contribution in [2.45, 2.75) is 6.42 Å². The first-order valence-corrected chi connectivity index (χ1v) is 6.58. The molecule has 0 bridgehead atoms. The summed E-state index contributed by atoms with van der Waals surface area (Å²) in [5, 5.41) is 6.44. The monoisotopic (exact) mass is 268 g/mol. The fourth-order valence-corrected chi connectivity index (χ4v) is 2.39. The zero-order chi connectivity index (χ0) is 13.9. The van der Waals surface area contributed by atoms with Crippen LogP contribution in [0.15, 0.2) is 42.5 Å². The number of anilines is 1. The van der Waals surface area contributed by atoms with Crippen LogP contribution in [0.2, 0.25) is 0 Å². The minimum absolute atomic E-state index is 0.0578. The summed E-state index contributed by atoms with van der Waals surface area (Å²) in [6.07, 6.45) is 2.97. The molecule has 1 aromatic carbocycles. The topological polar surface area (TPSA) is 75.0 Å². The summed E-state index contributed by atoms with van der Waals surface area (Å²) < 4.78 is 0. The van der Waals surface area contributed by atoms with Crippen molar-refractivity contribution in [3.05, 3.63) is 53.7 Å². The number of rotatable bonds is 2. The third-order valence-electron chi connectivity index (χ3n) is 3.47. The van der Waals surface area contributed by atoms with E-state index in [-0.39, 0.29) is 5.91 Å². The van der Waals surface area contributed by atoms with Gasteiger partial charge in [-0.1, -0.05) is 36.4 Å². The van der Waals surface area contributed by atoms with E-state index in [1.54, 1.807) is 11.0 Å². The Morgan fingerprint density at radius 1 is 1.30 bits per heavy atom. The molecule has 3 rings (SSSR count). The minimum Gasteiger partial charge on any atom is -0.382 e. The Morgan fingerprint density at radius 3 is 2.70 bits per heavy atom. The molecule has 20 heavy (non-hydrogen) atoms. The fraction of sp³-hybridized carbons (Fsp3) is 0.200. The van der Waals surface area contributed by atoms with Gasteiger partial charge in [0, 0.05) is 19.2 Å². The molecule has 0 atom stereocenters. The van der Waals surface area contributed by atoms with Gasteiger partial charge in [-0.25, -0.2) is 0 Å². The molecule has 3 N–H and O–H groups in total. The number of amides is 1. The Kier molecular flexibility index (Phi) is 3.25. The molecule has 5 nitrogen and oxygen atoms in total. The molecule has 0 unspecified atom stereocenters. The summed E-state index contributed by atoms with van der Waals surface area (Å²) in [6, 6.07) is 11.8. The lowest BCUT2D eigenvalue weighted by Crippen LogP contribution is -2.34. The van der Waals surface area contributed by atoms with Crippen molar-refractivity contribution >= 4 is 17.3 Å². The van der Waals surface area contributed by atoms with Crippen molar-refractivity contribution in [1.29, 1.82) is 0 Å². The van der Waals surface area contributed by atoms with Gasteiger partial charge in [0.25, 0.3) is 5.91 Å². The summed E-state index contributed by atoms with van der Waals surface area (Å²) in [7, 11) is 0. The van der Waals surface area contributed by atoms with Gasteiger partial charge in [-0.2, -0.15) is 5.10 Å². The number of carbonyl (C=O) groups excluding carboxylic acids is 1. The highest BCUT2D eigenvalue weighted by Gasteiger charge is 2.20. The molecule has 1 aliphatic heterocycles. The predicted octanol–water partition coefficient (Wildman–Crippen LogP) is 1.92. The lowest BCUT2D eigenvalue weighted by molar-refractivity contribution is 0.0767. The molecule has 2 heterocycles. The van der Waals surface area contributed by atoms with Gasteiger partial charge in [-0.15, -0.1) is 0 Å². The van der Waals surface area contributed by atoms with E-state index in [9.17, 15) is 4.79 Å². The smallest absolute Gasteiger partial charge is 0.272 e. The van der Waals surface area contributed by atoms with E-state index in [4.69, 9.17) is 5.73 Å². The lowest BCUT2D eigenvalue weighted by atomic mass is 9.99. The number of nitrogens with one attached hydrogen (secondary N) is 1. The molecule has 2 aromatic rings. The maximum Gasteiger partial charge on any atom is 0.272 e. The van der Waals surface area contributed by atoms with Crippen molar-refractivity contribution in [3.8, 4) is 0 Å². The molecule has 0 saturated carbocycles. The molecule has 0 aliphatic carbocycles. The summed E-state index contributed by atoms with van der Waals surface area (Å²) in [5.41, 5.74) is 8.48. The standard InChI is InChI=1S/C15H16N4O/c16-14-10-13(17-18-14)15(20)19-8-6-12(7-9-19)11-4-2-1-3-5-11/h1-6,10H,7-9H2,(H3,16,17,18). The van der Waals surface area contributed by atoms with Crippen LogP contribution in [0.5, 0.6) is 0 Å². The molecular weight excluding hydrogens is 252 g/mol. The average molecular weight is 268 g/mol. The highest BCUT2D eigenvalue weighted by molar-refractivity contribution is 5.93. The Hall–Kier alpha value is -2.56. The van der Waals surface area contributed by atoms with Crippen molar-refractivity contribution in [2.24, 2.45) is 0 Å². The van der Waals surface area contributed by atoms with Gasteiger partial charge in [0.2, 0.25) is 0 Å². The molecule has 0 fully saturated rings. The zero-order valence-corrected chi connectivity index (χ0v) is 11.0. The molecular formula is C15H16N4O. The highest BCUT2D eigenvalue weighted by Crippen LogP contribution is 2.22. The quantitative estimate of drug-likeness (QED) is 0.873. The molecule has 0 spiro atoms. The number of benzene rings is 1. The van der Waals surface area contributed by atoms with Gasteiger partial charge < -0.3 is 10.6 Å². The van der Waals surface area contributed by atoms with E-state index in [1.807, 2.05) is 18.2 Å². The number of nitrogen functional groups attached to an aromatic ring is 1. The van der Waals surface area contributed by atoms with Crippen molar-refractivity contribution < 1.29 is 4.79 Å². The number of H-pyrrole nitrogens is 1. The van der Waals surface area contributed by atoms with E-state index in [0.717, 1.165) is 6.42 Å². The minimum atomic E-state index is -0.0578. The van der Waals surface area contributed by atoms with Crippen LogP contribution in [-0.2, 0) is 0 Å². The molecule has 1 aliphatic rings. The molecule has 5 heteroatoms. The largest absolute Gasteiger partial charge is 0.382 e. The fourth-order valence-electron chi connectivity index (χ4n) is 2.39. The van der Waals surface area contributed by atoms with Crippen molar-refractivity contribution in [1.82, 2.24) is 15.1 Å². The first-order chi connectivity index (χ1) is 9.74. The SMILES string of the molecule is Nc1cc(C(=O)N2CC=C(c3ccccc3)CC2)[nH]n1. The first kappa shape index (κ1) is 12.5. The summed E-state index contributed by atoms with van der Waals surface area (Å²) in [5.74, 6) is 0.281. The van der Waals surface area contributed by atoms with Crippen LogP contribution in [0.3, 0.4) is 0 Å². The number of hydrogen-bond donors (Lipinski definition) is 2. The van der Waals surface area contributed by atoms with E-state index in [1.165, 1.54) is 11.1 Å². The van der Waals surface area contributed by atoms with Crippen molar-refractivity contribution in [2.75, 3.05) is 18.8 Å². The summed E-state index contributed by atoms with van der Waals surface area (Å²) >= 11 is 0. The van der Waals surface area contributed by atoms with E-state index in [2.05, 4.69) is 28.4 Å². The van der Waals surface area contributed by atoms with E-state index in [0.29, 0.717) is 24.6 Å². The molecule has 1 amide bonds. The number of hydrogen-bond acceptors (Lipinski definition) is 3. The molecule has 102 valence electrons. The van der Waals surface area contributed by atoms with Gasteiger partial charge in [0.1, 0.15) is 11.5 Å². The highest BCUT2D eigenvalue weighted by atomic mass is 16.2. The second kappa shape index (κ2) is 5.21. The second-order valence-electron chi connectivity index (χ2n) is 4.80. The summed E-state index contributed by atoms with van der Waals surface area (Å²) in [4.78, 5) is 14.0. The normalized spacial score (nSPS) is 15.0. The molecule has 0 radical (unpaired) electrons. The molecule has 0 saturated heterocycles. The van der Waals surface area contributed by atoms with Crippen LogP contribution >= 0.6 is 0 Å². The first-order valence-electron chi connectivity index (χ1n) is 6.58. The van der Waals surface area contributed by atoms with Gasteiger partial charge in [0.15, 0.2) is 0 Å². The van der Waals surface area contributed by atoms with Crippen LogP contribution in [0.1, 0.15) is 22.5 Å². The number of carbonyl (C=O) groups is 1. The number of aromatic amines is 1. The number of nitrogens with two attached hydrogens (primary N) is 1. The van der Waals surface area contributed by atoms with Crippen LogP contribution in [0.4, 0.5) is 5.82 Å². The number of aromatic nitrogens is 2. The summed E-state index contributed by atoms with van der Waals surface area (Å²) in [6.45, 7) is 1.32. The van der Waals surface area contributed by atoms with Crippen LogP contribution in [-0.4, -0.2) is 34.1 Å². The Morgan fingerprint density at radius 2 is 2.10 bits per heavy atom. The van der Waals surface area contributed by atoms with Crippen LogP contribution < -0.4 is 5.73 Å². The Bertz CT molecular complexity index is 645. The average Bonchev–Trinajstić information content (AvgIpc) is 2.94. The van der Waals surface area contributed by atoms with E-state index >= 15 is 0 Å². The van der Waals surface area contributed by atoms with Gasteiger partial charge >= 0.3 is 0 Å². The van der Waals surface area contributed by atoms with Gasteiger partial charge in [-0.3, -0.25) is 9.89 Å². The Labute approximate surface area is 117 Å². The van der Waals surface area contributed by atoms with Crippen LogP contribution in [0, 0.1) is 0 Å². The van der Waals surface area contributed by atoms with Gasteiger partial charge in [0.05, 0.1) is 0 Å². The van der Waals surface area contributed by atoms with Crippen molar-refractivity contribution in [3.63, 3.8) is 0 Å². The number of nitrogens with zero attached hydrogens (tertiary/aromatic N) is 2. The lowest BCUT2D eigenvalue weighted by Gasteiger charge is -2.26. The maximum absolute atomic E-state index is 12.2. The second-order valence-corrected chi connectivity index (χ2v) is 4.80. The third kappa shape index (κ3) is 2.42. The predicted molar refractivity (Wildman–Crippen MR) is 77.9 cm³/mol. The van der Waals surface area contributed by atoms with Gasteiger partial charge in [-0.05, 0) is 17.6 Å².